The Labute approximate surface area is 165 Å². The van der Waals surface area contributed by atoms with Gasteiger partial charge in [-0.3, -0.25) is 0 Å². The number of hydrogen-bond donors (Lipinski definition) is 0. The Morgan fingerprint density at radius 3 is 2.64 bits per heavy atom. The molecule has 0 spiro atoms. The smallest absolute Gasteiger partial charge is 0.375 e. The Kier molecular flexibility index (Phi) is 5.14. The minimum atomic E-state index is -0.602. The summed E-state index contributed by atoms with van der Waals surface area (Å²) in [5, 5.41) is 1.45. The highest BCUT2D eigenvalue weighted by Gasteiger charge is 2.22. The van der Waals surface area contributed by atoms with E-state index < -0.39 is 5.97 Å². The molecule has 4 rings (SSSR count). The molecule has 4 aromatic rings. The average Bonchev–Trinajstić information content (AvgIpc) is 3.32. The maximum atomic E-state index is 12.5. The van der Waals surface area contributed by atoms with Gasteiger partial charge < -0.3 is 18.3 Å². The number of hydrogen-bond acceptors (Lipinski definition) is 6. The number of para-hydroxylation sites is 1. The first-order valence-electron chi connectivity index (χ1n) is 8.53. The largest absolute Gasteiger partial charge is 0.450 e. The summed E-state index contributed by atoms with van der Waals surface area (Å²) >= 11 is 5.89. The lowest BCUT2D eigenvalue weighted by molar-refractivity contribution is 0.0399. The van der Waals surface area contributed by atoms with E-state index in [9.17, 15) is 4.79 Å². The second kappa shape index (κ2) is 7.88. The van der Waals surface area contributed by atoms with Crippen LogP contribution in [-0.2, 0) is 22.7 Å². The van der Waals surface area contributed by atoms with E-state index >= 15 is 0 Å². The van der Waals surface area contributed by atoms with Gasteiger partial charge in [-0.25, -0.2) is 9.78 Å². The Bertz CT molecular complexity index is 1110. The van der Waals surface area contributed by atoms with E-state index in [1.807, 2.05) is 30.3 Å². The number of esters is 1. The molecular formula is C21H16ClNO5. The van der Waals surface area contributed by atoms with Gasteiger partial charge in [-0.1, -0.05) is 29.8 Å². The van der Waals surface area contributed by atoms with Crippen LogP contribution < -0.4 is 0 Å². The number of ether oxygens (including phenoxy) is 2. The maximum Gasteiger partial charge on any atom is 0.375 e. The molecule has 0 saturated carbocycles. The first kappa shape index (κ1) is 18.3. The number of furan rings is 1. The Morgan fingerprint density at radius 2 is 1.86 bits per heavy atom. The monoisotopic (exact) mass is 397 g/mol. The van der Waals surface area contributed by atoms with E-state index in [1.54, 1.807) is 31.5 Å². The number of oxazole rings is 1. The zero-order chi connectivity index (χ0) is 19.5. The third-order valence-electron chi connectivity index (χ3n) is 4.18. The summed E-state index contributed by atoms with van der Waals surface area (Å²) in [5.74, 6) is 0.358. The number of carbonyl (C=O) groups excluding carboxylic acids is 1. The summed E-state index contributed by atoms with van der Waals surface area (Å²) in [4.78, 5) is 16.7. The fourth-order valence-corrected chi connectivity index (χ4v) is 2.99. The SMILES string of the molecule is COCc1c(C(=O)OCc2ncc(-c3ccc(Cl)cc3)o2)oc2ccccc12. The highest BCUT2D eigenvalue weighted by atomic mass is 35.5. The number of halogens is 1. The molecule has 2 aromatic carbocycles. The summed E-state index contributed by atoms with van der Waals surface area (Å²) in [6, 6.07) is 14.5. The lowest BCUT2D eigenvalue weighted by Gasteiger charge is -2.03. The van der Waals surface area contributed by atoms with Crippen molar-refractivity contribution in [2.45, 2.75) is 13.2 Å². The van der Waals surface area contributed by atoms with Gasteiger partial charge in [0.05, 0.1) is 12.8 Å². The Morgan fingerprint density at radius 1 is 1.07 bits per heavy atom. The van der Waals surface area contributed by atoms with Gasteiger partial charge >= 0.3 is 5.97 Å². The number of nitrogens with zero attached hydrogens (tertiary/aromatic N) is 1. The van der Waals surface area contributed by atoms with Crippen molar-refractivity contribution in [3.8, 4) is 11.3 Å². The van der Waals surface area contributed by atoms with Crippen molar-refractivity contribution in [3.05, 3.63) is 77.0 Å². The molecule has 0 bridgehead atoms. The zero-order valence-electron chi connectivity index (χ0n) is 15.0. The minimum Gasteiger partial charge on any atom is -0.450 e. The molecule has 6 nitrogen and oxygen atoms in total. The molecular weight excluding hydrogens is 382 g/mol. The molecule has 0 radical (unpaired) electrons. The van der Waals surface area contributed by atoms with Gasteiger partial charge in [-0.2, -0.15) is 0 Å². The van der Waals surface area contributed by atoms with Gasteiger partial charge in [0.15, 0.2) is 12.4 Å². The predicted molar refractivity (Wildman–Crippen MR) is 103 cm³/mol. The van der Waals surface area contributed by atoms with E-state index in [2.05, 4.69) is 4.98 Å². The molecule has 0 aliphatic heterocycles. The number of benzene rings is 2. The number of methoxy groups -OCH3 is 1. The van der Waals surface area contributed by atoms with Gasteiger partial charge in [-0.05, 0) is 30.3 Å². The third-order valence-corrected chi connectivity index (χ3v) is 4.43. The standard InChI is InChI=1S/C21H16ClNO5/c1-25-11-16-15-4-2-3-5-17(15)28-20(16)21(24)26-12-19-23-10-18(27-19)13-6-8-14(22)9-7-13/h2-10H,11-12H2,1H3. The van der Waals surface area contributed by atoms with E-state index in [-0.39, 0.29) is 24.9 Å². The number of fused-ring (bicyclic) bond motifs is 1. The molecule has 7 heteroatoms. The van der Waals surface area contributed by atoms with Gasteiger partial charge in [0.1, 0.15) is 5.58 Å². The molecule has 0 fully saturated rings. The maximum absolute atomic E-state index is 12.5. The quantitative estimate of drug-likeness (QED) is 0.414. The van der Waals surface area contributed by atoms with E-state index in [1.165, 1.54) is 0 Å². The van der Waals surface area contributed by atoms with Crippen LogP contribution in [0.3, 0.4) is 0 Å². The van der Waals surface area contributed by atoms with Crippen LogP contribution in [0, 0.1) is 0 Å². The molecule has 0 unspecified atom stereocenters. The third kappa shape index (κ3) is 3.65. The fraction of sp³-hybridized carbons (Fsp3) is 0.143. The van der Waals surface area contributed by atoms with Crippen LogP contribution in [-0.4, -0.2) is 18.1 Å². The minimum absolute atomic E-state index is 0.115. The number of aromatic nitrogens is 1. The normalized spacial score (nSPS) is 11.1. The first-order valence-corrected chi connectivity index (χ1v) is 8.90. The summed E-state index contributed by atoms with van der Waals surface area (Å²) in [7, 11) is 1.56. The van der Waals surface area contributed by atoms with Crippen LogP contribution in [0.2, 0.25) is 5.02 Å². The fourth-order valence-electron chi connectivity index (χ4n) is 2.87. The van der Waals surface area contributed by atoms with Crippen molar-refractivity contribution >= 4 is 28.5 Å². The van der Waals surface area contributed by atoms with E-state index in [0.29, 0.717) is 21.9 Å². The van der Waals surface area contributed by atoms with Gasteiger partial charge in [0, 0.05) is 28.6 Å². The molecule has 0 aliphatic carbocycles. The lowest BCUT2D eigenvalue weighted by atomic mass is 10.1. The van der Waals surface area contributed by atoms with Crippen LogP contribution >= 0.6 is 11.6 Å². The molecule has 0 amide bonds. The van der Waals surface area contributed by atoms with E-state index in [4.69, 9.17) is 29.9 Å². The topological polar surface area (TPSA) is 74.7 Å². The summed E-state index contributed by atoms with van der Waals surface area (Å²) in [6.07, 6.45) is 1.57. The highest BCUT2D eigenvalue weighted by Crippen LogP contribution is 2.28. The van der Waals surface area contributed by atoms with Crippen molar-refractivity contribution < 1.29 is 23.1 Å². The van der Waals surface area contributed by atoms with Crippen LogP contribution in [0.5, 0.6) is 0 Å². The second-order valence-electron chi connectivity index (χ2n) is 6.04. The summed E-state index contributed by atoms with van der Waals surface area (Å²) < 4.78 is 21.8. The molecule has 0 N–H and O–H groups in total. The highest BCUT2D eigenvalue weighted by molar-refractivity contribution is 6.30. The van der Waals surface area contributed by atoms with Crippen molar-refractivity contribution in [1.82, 2.24) is 4.98 Å². The molecule has 28 heavy (non-hydrogen) atoms. The Hall–Kier alpha value is -3.09. The Balaban J connectivity index is 1.50. The summed E-state index contributed by atoms with van der Waals surface area (Å²) in [5.41, 5.74) is 2.08. The average molecular weight is 398 g/mol. The van der Waals surface area contributed by atoms with Gasteiger partial charge in [0.25, 0.3) is 0 Å². The number of carbonyl (C=O) groups is 1. The van der Waals surface area contributed by atoms with Crippen LogP contribution in [0.15, 0.2) is 63.6 Å². The number of rotatable bonds is 6. The van der Waals surface area contributed by atoms with Gasteiger partial charge in [-0.15, -0.1) is 0 Å². The molecule has 0 aliphatic rings. The van der Waals surface area contributed by atoms with Crippen molar-refractivity contribution in [3.63, 3.8) is 0 Å². The van der Waals surface area contributed by atoms with Gasteiger partial charge in [0.2, 0.25) is 11.7 Å². The molecule has 2 heterocycles. The lowest BCUT2D eigenvalue weighted by Crippen LogP contribution is -2.07. The van der Waals surface area contributed by atoms with E-state index in [0.717, 1.165) is 10.9 Å². The molecule has 0 atom stereocenters. The van der Waals surface area contributed by atoms with Crippen LogP contribution in [0.25, 0.3) is 22.3 Å². The first-order chi connectivity index (χ1) is 13.7. The van der Waals surface area contributed by atoms with Crippen molar-refractivity contribution in [2.24, 2.45) is 0 Å². The predicted octanol–water partition coefficient (Wildman–Crippen LogP) is 5.24. The molecule has 0 saturated heterocycles. The van der Waals surface area contributed by atoms with Crippen molar-refractivity contribution in [1.29, 1.82) is 0 Å². The summed E-state index contributed by atoms with van der Waals surface area (Å²) in [6.45, 7) is 0.122. The molecule has 142 valence electrons. The zero-order valence-corrected chi connectivity index (χ0v) is 15.7. The van der Waals surface area contributed by atoms with Crippen LogP contribution in [0.1, 0.15) is 22.0 Å². The van der Waals surface area contributed by atoms with Crippen LogP contribution in [0.4, 0.5) is 0 Å². The van der Waals surface area contributed by atoms with Crippen molar-refractivity contribution in [2.75, 3.05) is 7.11 Å². The molecule has 2 aromatic heterocycles. The second-order valence-corrected chi connectivity index (χ2v) is 6.48.